The van der Waals surface area contributed by atoms with Crippen molar-refractivity contribution in [3.8, 4) is 0 Å². The maximum Gasteiger partial charge on any atom is -0.0163 e. The van der Waals surface area contributed by atoms with E-state index in [4.69, 9.17) is 0 Å². The fourth-order valence-corrected chi connectivity index (χ4v) is 1.27. The summed E-state index contributed by atoms with van der Waals surface area (Å²) in [4.78, 5) is 0. The Hall–Kier alpha value is -1.04. The van der Waals surface area contributed by atoms with Crippen LogP contribution in [0.2, 0.25) is 0 Å². The molecule has 0 fully saturated rings. The summed E-state index contributed by atoms with van der Waals surface area (Å²) >= 11 is 0. The number of rotatable bonds is 0. The predicted molar refractivity (Wildman–Crippen MR) is 59.6 cm³/mol. The first-order valence-corrected chi connectivity index (χ1v) is 5.13. The molecule has 0 atom stereocenters. The second kappa shape index (κ2) is 7.60. The molecular formula is C13H18. The summed E-state index contributed by atoms with van der Waals surface area (Å²) in [5.74, 6) is 0. The van der Waals surface area contributed by atoms with E-state index in [9.17, 15) is 0 Å². The lowest BCUT2D eigenvalue weighted by atomic mass is 10.2. The molecule has 0 aromatic heterocycles. The van der Waals surface area contributed by atoms with Crippen molar-refractivity contribution in [3.05, 3.63) is 48.6 Å². The third kappa shape index (κ3) is 6.15. The molecule has 0 aromatic carbocycles. The summed E-state index contributed by atoms with van der Waals surface area (Å²) in [6, 6.07) is 0. The molecule has 0 amide bonds. The summed E-state index contributed by atoms with van der Waals surface area (Å²) in [5.41, 5.74) is 0. The lowest BCUT2D eigenvalue weighted by Gasteiger charge is -1.91. The van der Waals surface area contributed by atoms with E-state index in [1.165, 1.54) is 25.7 Å². The van der Waals surface area contributed by atoms with Gasteiger partial charge >= 0.3 is 0 Å². The van der Waals surface area contributed by atoms with E-state index < -0.39 is 0 Å². The number of hydrogen-bond acceptors (Lipinski definition) is 0. The quantitative estimate of drug-likeness (QED) is 0.517. The molecule has 0 aromatic rings. The first-order chi connectivity index (χ1) is 6.50. The lowest BCUT2D eigenvalue weighted by Crippen LogP contribution is -1.71. The minimum atomic E-state index is 1.04. The SMILES string of the molecule is C1=CCCCC/C=C/C=C\C/C=C\1. The van der Waals surface area contributed by atoms with Crippen LogP contribution in [0.3, 0.4) is 0 Å². The van der Waals surface area contributed by atoms with Crippen LogP contribution >= 0.6 is 0 Å². The third-order valence-electron chi connectivity index (χ3n) is 2.03. The molecule has 0 radical (unpaired) electrons. The van der Waals surface area contributed by atoms with Crippen LogP contribution in [0.5, 0.6) is 0 Å². The van der Waals surface area contributed by atoms with Gasteiger partial charge in [0.15, 0.2) is 0 Å². The zero-order valence-electron chi connectivity index (χ0n) is 8.15. The fourth-order valence-electron chi connectivity index (χ4n) is 1.27. The molecule has 0 heteroatoms. The minimum Gasteiger partial charge on any atom is -0.0845 e. The van der Waals surface area contributed by atoms with E-state index in [0.29, 0.717) is 0 Å². The highest BCUT2D eigenvalue weighted by Gasteiger charge is 1.82. The summed E-state index contributed by atoms with van der Waals surface area (Å²) in [7, 11) is 0. The van der Waals surface area contributed by atoms with Crippen molar-refractivity contribution in [2.24, 2.45) is 0 Å². The van der Waals surface area contributed by atoms with Crippen LogP contribution in [-0.2, 0) is 0 Å². The average molecular weight is 174 g/mol. The van der Waals surface area contributed by atoms with Gasteiger partial charge in [-0.1, -0.05) is 48.6 Å². The maximum absolute atomic E-state index is 2.25. The van der Waals surface area contributed by atoms with Gasteiger partial charge in [0.05, 0.1) is 0 Å². The maximum atomic E-state index is 2.25. The van der Waals surface area contributed by atoms with Gasteiger partial charge in [0.25, 0.3) is 0 Å². The standard InChI is InChI=1S/C13H18/c1-2-4-6-8-10-12-13-11-9-7-5-3-1/h1-4,7,9,11,13H,5-6,8,10,12H2/b3-1-,4-2+,9-7-,13-11?. The zero-order chi connectivity index (χ0) is 9.19. The van der Waals surface area contributed by atoms with Crippen molar-refractivity contribution in [2.45, 2.75) is 32.1 Å². The highest BCUT2D eigenvalue weighted by Crippen LogP contribution is 2.02. The van der Waals surface area contributed by atoms with Crippen molar-refractivity contribution in [1.29, 1.82) is 0 Å². The molecule has 0 spiro atoms. The molecule has 1 aliphatic rings. The van der Waals surface area contributed by atoms with Crippen molar-refractivity contribution >= 4 is 0 Å². The van der Waals surface area contributed by atoms with E-state index in [1.54, 1.807) is 0 Å². The molecule has 0 saturated heterocycles. The van der Waals surface area contributed by atoms with E-state index in [1.807, 2.05) is 0 Å². The summed E-state index contributed by atoms with van der Waals surface area (Å²) in [6.07, 6.45) is 23.5. The normalized spacial score (nSPS) is 26.5. The molecule has 0 heterocycles. The van der Waals surface area contributed by atoms with Gasteiger partial charge in [-0.3, -0.25) is 0 Å². The molecule has 1 rings (SSSR count). The average Bonchev–Trinajstić information content (AvgIpc) is 2.18. The molecule has 0 saturated carbocycles. The summed E-state index contributed by atoms with van der Waals surface area (Å²) in [6.45, 7) is 0. The van der Waals surface area contributed by atoms with Gasteiger partial charge in [-0.15, -0.1) is 0 Å². The van der Waals surface area contributed by atoms with E-state index in [0.717, 1.165) is 6.42 Å². The molecule has 1 aliphatic carbocycles. The monoisotopic (exact) mass is 174 g/mol. The van der Waals surface area contributed by atoms with E-state index in [-0.39, 0.29) is 0 Å². The van der Waals surface area contributed by atoms with Gasteiger partial charge in [0.1, 0.15) is 0 Å². The Bertz CT molecular complexity index is 192. The highest BCUT2D eigenvalue weighted by molar-refractivity contribution is 5.08. The van der Waals surface area contributed by atoms with E-state index in [2.05, 4.69) is 48.6 Å². The van der Waals surface area contributed by atoms with Crippen molar-refractivity contribution in [1.82, 2.24) is 0 Å². The van der Waals surface area contributed by atoms with Gasteiger partial charge < -0.3 is 0 Å². The molecule has 0 nitrogen and oxygen atoms in total. The largest absolute Gasteiger partial charge is 0.0845 e. The Morgan fingerprint density at radius 1 is 0.538 bits per heavy atom. The Kier molecular flexibility index (Phi) is 5.87. The Labute approximate surface area is 81.4 Å². The molecule has 0 unspecified atom stereocenters. The van der Waals surface area contributed by atoms with Gasteiger partial charge in [-0.05, 0) is 32.1 Å². The smallest absolute Gasteiger partial charge is 0.0163 e. The highest BCUT2D eigenvalue weighted by atomic mass is 13.9. The predicted octanol–water partition coefficient (Wildman–Crippen LogP) is 4.18. The zero-order valence-corrected chi connectivity index (χ0v) is 8.15. The van der Waals surface area contributed by atoms with Crippen molar-refractivity contribution < 1.29 is 0 Å². The summed E-state index contributed by atoms with van der Waals surface area (Å²) < 4.78 is 0. The molecule has 0 aliphatic heterocycles. The van der Waals surface area contributed by atoms with Gasteiger partial charge in [-0.25, -0.2) is 0 Å². The van der Waals surface area contributed by atoms with Crippen molar-refractivity contribution in [3.63, 3.8) is 0 Å². The Morgan fingerprint density at radius 2 is 1.00 bits per heavy atom. The van der Waals surface area contributed by atoms with Crippen LogP contribution in [0.1, 0.15) is 32.1 Å². The fraction of sp³-hybridized carbons (Fsp3) is 0.385. The second-order valence-corrected chi connectivity index (χ2v) is 3.23. The van der Waals surface area contributed by atoms with Crippen LogP contribution in [0, 0.1) is 0 Å². The number of hydrogen-bond donors (Lipinski definition) is 0. The minimum absolute atomic E-state index is 1.04. The second-order valence-electron chi connectivity index (χ2n) is 3.23. The van der Waals surface area contributed by atoms with Crippen LogP contribution < -0.4 is 0 Å². The molecular weight excluding hydrogens is 156 g/mol. The Balaban J connectivity index is 2.38. The van der Waals surface area contributed by atoms with Gasteiger partial charge in [0.2, 0.25) is 0 Å². The molecule has 0 bridgehead atoms. The number of allylic oxidation sites excluding steroid dienone is 8. The van der Waals surface area contributed by atoms with Gasteiger partial charge in [-0.2, -0.15) is 0 Å². The van der Waals surface area contributed by atoms with Crippen LogP contribution in [-0.4, -0.2) is 0 Å². The van der Waals surface area contributed by atoms with Crippen LogP contribution in [0.4, 0.5) is 0 Å². The topological polar surface area (TPSA) is 0 Å². The van der Waals surface area contributed by atoms with Gasteiger partial charge in [0, 0.05) is 0 Å². The first kappa shape index (κ1) is 10.0. The Morgan fingerprint density at radius 3 is 1.54 bits per heavy atom. The lowest BCUT2D eigenvalue weighted by molar-refractivity contribution is 0.762. The van der Waals surface area contributed by atoms with Crippen LogP contribution in [0.15, 0.2) is 48.6 Å². The van der Waals surface area contributed by atoms with Crippen molar-refractivity contribution in [2.75, 3.05) is 0 Å². The molecule has 13 heavy (non-hydrogen) atoms. The first-order valence-electron chi connectivity index (χ1n) is 5.13. The molecule has 0 N–H and O–H groups in total. The molecule has 70 valence electrons. The summed E-state index contributed by atoms with van der Waals surface area (Å²) in [5, 5.41) is 0. The third-order valence-corrected chi connectivity index (χ3v) is 2.03. The van der Waals surface area contributed by atoms with E-state index >= 15 is 0 Å². The van der Waals surface area contributed by atoms with Crippen LogP contribution in [0.25, 0.3) is 0 Å².